The smallest absolute Gasteiger partial charge is 0.0297 e. The van der Waals surface area contributed by atoms with Crippen LogP contribution in [0.2, 0.25) is 0 Å². The molecule has 2 fully saturated rings. The molecule has 0 spiro atoms. The molecular weight excluding hydrogens is 168 g/mol. The molecule has 2 rings (SSSR count). The average Bonchev–Trinajstić information content (AvgIpc) is 2.16. The molecule has 0 saturated heterocycles. The van der Waals surface area contributed by atoms with Crippen LogP contribution in [0.15, 0.2) is 0 Å². The normalized spacial score (nSPS) is 53.1. The minimum absolute atomic E-state index is 0.697. The summed E-state index contributed by atoms with van der Waals surface area (Å²) in [6.45, 7) is 9.91. The van der Waals surface area contributed by atoms with Crippen LogP contribution in [-0.4, -0.2) is 0 Å². The Bertz CT molecular complexity index is 208. The Balaban J connectivity index is 2.16. The molecule has 0 aromatic heterocycles. The first-order valence-electron chi connectivity index (χ1n) is 6.57. The van der Waals surface area contributed by atoms with Crippen molar-refractivity contribution in [2.75, 3.05) is 0 Å². The van der Waals surface area contributed by atoms with Gasteiger partial charge in [-0.1, -0.05) is 34.1 Å². The lowest BCUT2D eigenvalue weighted by Gasteiger charge is -2.53. The van der Waals surface area contributed by atoms with Gasteiger partial charge in [0.2, 0.25) is 0 Å². The highest BCUT2D eigenvalue weighted by molar-refractivity contribution is 4.96. The first-order chi connectivity index (χ1) is 6.57. The van der Waals surface area contributed by atoms with Crippen LogP contribution in [0.4, 0.5) is 0 Å². The van der Waals surface area contributed by atoms with Crippen molar-refractivity contribution in [1.82, 2.24) is 0 Å². The van der Waals surface area contributed by atoms with E-state index in [1.54, 1.807) is 0 Å². The number of fused-ring (bicyclic) bond motifs is 2. The standard InChI is InChI=1S/C14H26/c1-5-12-6-7-14(4)9-13(12)10(2)8-11(14)3/h10-13H,5-9H2,1-4H3. The van der Waals surface area contributed by atoms with Gasteiger partial charge in [-0.25, -0.2) is 0 Å². The molecule has 82 valence electrons. The summed E-state index contributed by atoms with van der Waals surface area (Å²) in [5, 5.41) is 0. The molecular formula is C14H26. The fourth-order valence-corrected chi connectivity index (χ4v) is 4.17. The summed E-state index contributed by atoms with van der Waals surface area (Å²) in [6, 6.07) is 0. The second-order valence-corrected chi connectivity index (χ2v) is 6.34. The first kappa shape index (κ1) is 10.5. The van der Waals surface area contributed by atoms with Gasteiger partial charge >= 0.3 is 0 Å². The fourth-order valence-electron chi connectivity index (χ4n) is 4.17. The number of hydrogen-bond acceptors (Lipinski definition) is 0. The van der Waals surface area contributed by atoms with E-state index >= 15 is 0 Å². The molecule has 0 amide bonds. The lowest BCUT2D eigenvalue weighted by atomic mass is 9.52. The van der Waals surface area contributed by atoms with Crippen molar-refractivity contribution >= 4 is 0 Å². The molecule has 5 atom stereocenters. The van der Waals surface area contributed by atoms with Gasteiger partial charge in [-0.3, -0.25) is 0 Å². The van der Waals surface area contributed by atoms with E-state index in [0.717, 1.165) is 23.7 Å². The second-order valence-electron chi connectivity index (χ2n) is 6.34. The molecule has 0 heterocycles. The van der Waals surface area contributed by atoms with Crippen molar-refractivity contribution in [1.29, 1.82) is 0 Å². The van der Waals surface area contributed by atoms with Crippen LogP contribution in [0.25, 0.3) is 0 Å². The van der Waals surface area contributed by atoms with E-state index in [1.165, 1.54) is 32.1 Å². The molecule has 0 aromatic carbocycles. The minimum Gasteiger partial charge on any atom is -0.0651 e. The zero-order valence-corrected chi connectivity index (χ0v) is 10.3. The maximum atomic E-state index is 2.54. The predicted molar refractivity (Wildman–Crippen MR) is 62.2 cm³/mol. The molecule has 0 aromatic rings. The van der Waals surface area contributed by atoms with Crippen LogP contribution in [-0.2, 0) is 0 Å². The summed E-state index contributed by atoms with van der Waals surface area (Å²) in [5.74, 6) is 4.05. The highest BCUT2D eigenvalue weighted by Gasteiger charge is 2.46. The third-order valence-electron chi connectivity index (χ3n) is 5.56. The van der Waals surface area contributed by atoms with Crippen LogP contribution in [0.1, 0.15) is 59.8 Å². The molecule has 2 bridgehead atoms. The molecule has 14 heavy (non-hydrogen) atoms. The number of rotatable bonds is 1. The van der Waals surface area contributed by atoms with Crippen molar-refractivity contribution in [2.24, 2.45) is 29.1 Å². The Labute approximate surface area is 89.5 Å². The quantitative estimate of drug-likeness (QED) is 0.577. The Hall–Kier alpha value is 0. The van der Waals surface area contributed by atoms with Gasteiger partial charge in [0, 0.05) is 0 Å². The molecule has 0 heteroatoms. The number of hydrogen-bond donors (Lipinski definition) is 0. The summed E-state index contributed by atoms with van der Waals surface area (Å²) in [7, 11) is 0. The summed E-state index contributed by atoms with van der Waals surface area (Å²) in [6.07, 6.45) is 7.42. The van der Waals surface area contributed by atoms with Gasteiger partial charge in [-0.2, -0.15) is 0 Å². The van der Waals surface area contributed by atoms with Gasteiger partial charge < -0.3 is 0 Å². The SMILES string of the molecule is CCC1CCC2(C)CC1C(C)CC2C. The van der Waals surface area contributed by atoms with Crippen molar-refractivity contribution < 1.29 is 0 Å². The fraction of sp³-hybridized carbons (Fsp3) is 1.00. The minimum atomic E-state index is 0.697. The van der Waals surface area contributed by atoms with Crippen LogP contribution in [0.5, 0.6) is 0 Å². The average molecular weight is 194 g/mol. The van der Waals surface area contributed by atoms with Crippen LogP contribution in [0, 0.1) is 29.1 Å². The van der Waals surface area contributed by atoms with Gasteiger partial charge in [-0.05, 0) is 54.8 Å². The maximum absolute atomic E-state index is 2.54. The Morgan fingerprint density at radius 3 is 2.64 bits per heavy atom. The summed E-state index contributed by atoms with van der Waals surface area (Å²) < 4.78 is 0. The molecule has 0 N–H and O–H groups in total. The highest BCUT2D eigenvalue weighted by Crippen LogP contribution is 2.56. The highest BCUT2D eigenvalue weighted by atomic mass is 14.5. The largest absolute Gasteiger partial charge is 0.0651 e. The zero-order valence-electron chi connectivity index (χ0n) is 10.3. The molecule has 5 unspecified atom stereocenters. The second kappa shape index (κ2) is 3.54. The van der Waals surface area contributed by atoms with Gasteiger partial charge in [0.25, 0.3) is 0 Å². The zero-order chi connectivity index (χ0) is 10.3. The summed E-state index contributed by atoms with van der Waals surface area (Å²) >= 11 is 0. The maximum Gasteiger partial charge on any atom is -0.0297 e. The lowest BCUT2D eigenvalue weighted by molar-refractivity contribution is -0.0316. The summed E-state index contributed by atoms with van der Waals surface area (Å²) in [4.78, 5) is 0. The monoisotopic (exact) mass is 194 g/mol. The Kier molecular flexibility index (Phi) is 2.66. The van der Waals surface area contributed by atoms with Crippen molar-refractivity contribution in [3.8, 4) is 0 Å². The predicted octanol–water partition coefficient (Wildman–Crippen LogP) is 4.49. The van der Waals surface area contributed by atoms with E-state index in [4.69, 9.17) is 0 Å². The molecule has 0 aliphatic heterocycles. The van der Waals surface area contributed by atoms with E-state index in [0.29, 0.717) is 5.41 Å². The lowest BCUT2D eigenvalue weighted by Crippen LogP contribution is -2.44. The van der Waals surface area contributed by atoms with E-state index in [-0.39, 0.29) is 0 Å². The third kappa shape index (κ3) is 1.51. The van der Waals surface area contributed by atoms with E-state index in [2.05, 4.69) is 27.7 Å². The van der Waals surface area contributed by atoms with Crippen molar-refractivity contribution in [3.63, 3.8) is 0 Å². The third-order valence-corrected chi connectivity index (χ3v) is 5.56. The van der Waals surface area contributed by atoms with E-state index < -0.39 is 0 Å². The Morgan fingerprint density at radius 2 is 2.00 bits per heavy atom. The van der Waals surface area contributed by atoms with Gasteiger partial charge in [0.15, 0.2) is 0 Å². The molecule has 2 aliphatic rings. The Morgan fingerprint density at radius 1 is 1.29 bits per heavy atom. The summed E-state index contributed by atoms with van der Waals surface area (Å²) in [5.41, 5.74) is 0.697. The van der Waals surface area contributed by atoms with Crippen LogP contribution < -0.4 is 0 Å². The molecule has 0 radical (unpaired) electrons. The van der Waals surface area contributed by atoms with Crippen molar-refractivity contribution in [3.05, 3.63) is 0 Å². The van der Waals surface area contributed by atoms with Gasteiger partial charge in [0.1, 0.15) is 0 Å². The molecule has 2 saturated carbocycles. The molecule has 0 nitrogen and oxygen atoms in total. The van der Waals surface area contributed by atoms with Gasteiger partial charge in [0.05, 0.1) is 0 Å². The topological polar surface area (TPSA) is 0 Å². The van der Waals surface area contributed by atoms with Gasteiger partial charge in [-0.15, -0.1) is 0 Å². The first-order valence-corrected chi connectivity index (χ1v) is 6.57. The van der Waals surface area contributed by atoms with Crippen LogP contribution in [0.3, 0.4) is 0 Å². The van der Waals surface area contributed by atoms with Crippen LogP contribution >= 0.6 is 0 Å². The van der Waals surface area contributed by atoms with E-state index in [9.17, 15) is 0 Å². The van der Waals surface area contributed by atoms with E-state index in [1.807, 2.05) is 0 Å². The van der Waals surface area contributed by atoms with Crippen molar-refractivity contribution in [2.45, 2.75) is 59.8 Å². The molecule has 2 aliphatic carbocycles.